The highest BCUT2D eigenvalue weighted by atomic mass is 35.5. The molecule has 7 heteroatoms. The van der Waals surface area contributed by atoms with Gasteiger partial charge in [-0.15, -0.1) is 0 Å². The van der Waals surface area contributed by atoms with E-state index in [1.54, 1.807) is 11.0 Å². The van der Waals surface area contributed by atoms with Gasteiger partial charge < -0.3 is 20.2 Å². The molecule has 0 bridgehead atoms. The van der Waals surface area contributed by atoms with E-state index in [0.717, 1.165) is 13.0 Å². The van der Waals surface area contributed by atoms with Gasteiger partial charge in [-0.3, -0.25) is 4.79 Å². The first kappa shape index (κ1) is 19.0. The lowest BCUT2D eigenvalue weighted by Gasteiger charge is -2.36. The van der Waals surface area contributed by atoms with Crippen molar-refractivity contribution in [2.45, 2.75) is 31.8 Å². The van der Waals surface area contributed by atoms with Crippen LogP contribution in [0.5, 0.6) is 5.75 Å². The number of likely N-dealkylation sites (tertiary alicyclic amines) is 1. The van der Waals surface area contributed by atoms with Crippen molar-refractivity contribution in [3.05, 3.63) is 28.2 Å². The van der Waals surface area contributed by atoms with Gasteiger partial charge in [-0.05, 0) is 31.0 Å². The normalized spacial score (nSPS) is 21.3. The van der Waals surface area contributed by atoms with Crippen LogP contribution >= 0.6 is 23.2 Å². The van der Waals surface area contributed by atoms with Crippen molar-refractivity contribution in [2.75, 3.05) is 19.7 Å². The van der Waals surface area contributed by atoms with Crippen LogP contribution in [0, 0.1) is 0 Å². The van der Waals surface area contributed by atoms with Gasteiger partial charge in [-0.1, -0.05) is 30.1 Å². The Morgan fingerprint density at radius 2 is 2.00 bits per heavy atom. The van der Waals surface area contributed by atoms with E-state index in [9.17, 15) is 9.90 Å². The number of amides is 1. The smallest absolute Gasteiger partial charge is 0.225 e. The van der Waals surface area contributed by atoms with Gasteiger partial charge in [0.05, 0.1) is 28.7 Å². The molecule has 1 aromatic rings. The second-order valence-corrected chi connectivity index (χ2v) is 6.10. The zero-order valence-electron chi connectivity index (χ0n) is 12.4. The fourth-order valence-corrected chi connectivity index (χ4v) is 2.37. The maximum atomic E-state index is 11.4. The van der Waals surface area contributed by atoms with Crippen molar-refractivity contribution in [1.29, 1.82) is 0 Å². The number of benzene rings is 1. The number of piperidine rings is 1. The SMILES string of the molecule is CCCN1CCC(O)(CO)CC1=O.Oc1ccc(Cl)c(Cl)c1. The monoisotopic (exact) mass is 349 g/mol. The number of phenolic OH excluding ortho intramolecular Hbond substituents is 1. The Morgan fingerprint density at radius 1 is 1.32 bits per heavy atom. The van der Waals surface area contributed by atoms with Crippen molar-refractivity contribution in [2.24, 2.45) is 0 Å². The van der Waals surface area contributed by atoms with E-state index in [-0.39, 0.29) is 24.7 Å². The Kier molecular flexibility index (Phi) is 7.42. The molecule has 124 valence electrons. The molecule has 1 saturated heterocycles. The highest BCUT2D eigenvalue weighted by Crippen LogP contribution is 2.25. The molecule has 0 aliphatic carbocycles. The molecule has 0 aromatic heterocycles. The van der Waals surface area contributed by atoms with Crippen LogP contribution in [-0.4, -0.2) is 51.4 Å². The lowest BCUT2D eigenvalue weighted by atomic mass is 9.92. The van der Waals surface area contributed by atoms with Gasteiger partial charge in [-0.25, -0.2) is 0 Å². The zero-order valence-corrected chi connectivity index (χ0v) is 13.9. The molecule has 1 unspecified atom stereocenters. The quantitative estimate of drug-likeness (QED) is 0.782. The highest BCUT2D eigenvalue weighted by molar-refractivity contribution is 6.42. The van der Waals surface area contributed by atoms with Gasteiger partial charge in [0.15, 0.2) is 0 Å². The molecule has 1 aliphatic rings. The van der Waals surface area contributed by atoms with Crippen molar-refractivity contribution in [3.8, 4) is 5.75 Å². The molecule has 1 amide bonds. The minimum Gasteiger partial charge on any atom is -0.508 e. The number of halogens is 2. The molecule has 1 atom stereocenters. The summed E-state index contributed by atoms with van der Waals surface area (Å²) in [5.74, 6) is 0.0778. The molecule has 2 rings (SSSR count). The third-order valence-electron chi connectivity index (χ3n) is 3.37. The van der Waals surface area contributed by atoms with E-state index in [2.05, 4.69) is 0 Å². The predicted molar refractivity (Wildman–Crippen MR) is 86.3 cm³/mol. The van der Waals surface area contributed by atoms with Crippen molar-refractivity contribution in [1.82, 2.24) is 4.90 Å². The summed E-state index contributed by atoms with van der Waals surface area (Å²) in [7, 11) is 0. The summed E-state index contributed by atoms with van der Waals surface area (Å²) in [6.45, 7) is 3.00. The number of phenols is 1. The average Bonchev–Trinajstić information content (AvgIpc) is 2.47. The number of carbonyl (C=O) groups is 1. The number of aromatic hydroxyl groups is 1. The van der Waals surface area contributed by atoms with Crippen molar-refractivity contribution in [3.63, 3.8) is 0 Å². The van der Waals surface area contributed by atoms with E-state index >= 15 is 0 Å². The summed E-state index contributed by atoms with van der Waals surface area (Å²) >= 11 is 11.1. The average molecular weight is 350 g/mol. The minimum absolute atomic E-state index is 0.0512. The van der Waals surface area contributed by atoms with E-state index in [1.807, 2.05) is 6.92 Å². The first-order valence-corrected chi connectivity index (χ1v) is 7.82. The molecule has 1 aromatic carbocycles. The molecular weight excluding hydrogens is 329 g/mol. The number of carbonyl (C=O) groups excluding carboxylic acids is 1. The van der Waals surface area contributed by atoms with E-state index < -0.39 is 5.60 Å². The highest BCUT2D eigenvalue weighted by Gasteiger charge is 2.36. The molecule has 3 N–H and O–H groups in total. The Balaban J connectivity index is 0.000000235. The third-order valence-corrected chi connectivity index (χ3v) is 4.11. The maximum absolute atomic E-state index is 11.4. The van der Waals surface area contributed by atoms with Crippen LogP contribution in [0.2, 0.25) is 10.0 Å². The Bertz CT molecular complexity index is 512. The van der Waals surface area contributed by atoms with Crippen LogP contribution in [0.25, 0.3) is 0 Å². The third kappa shape index (κ3) is 5.65. The molecule has 0 saturated carbocycles. The van der Waals surface area contributed by atoms with Gasteiger partial charge in [0.25, 0.3) is 0 Å². The van der Waals surface area contributed by atoms with Crippen LogP contribution in [0.3, 0.4) is 0 Å². The first-order valence-electron chi connectivity index (χ1n) is 7.06. The second-order valence-electron chi connectivity index (χ2n) is 5.29. The fourth-order valence-electron chi connectivity index (χ4n) is 2.08. The molecule has 22 heavy (non-hydrogen) atoms. The van der Waals surface area contributed by atoms with E-state index in [0.29, 0.717) is 23.0 Å². The minimum atomic E-state index is -1.17. The van der Waals surface area contributed by atoms with Gasteiger partial charge in [0.2, 0.25) is 5.91 Å². The molecule has 0 radical (unpaired) electrons. The van der Waals surface area contributed by atoms with Gasteiger partial charge in [-0.2, -0.15) is 0 Å². The Labute approximate surface area is 140 Å². The summed E-state index contributed by atoms with van der Waals surface area (Å²) in [5.41, 5.74) is -1.17. The first-order chi connectivity index (χ1) is 10.3. The fraction of sp³-hybridized carbons (Fsp3) is 0.533. The number of hydrogen-bond acceptors (Lipinski definition) is 4. The summed E-state index contributed by atoms with van der Waals surface area (Å²) in [4.78, 5) is 13.2. The number of aliphatic hydroxyl groups excluding tert-OH is 1. The van der Waals surface area contributed by atoms with Gasteiger partial charge >= 0.3 is 0 Å². The van der Waals surface area contributed by atoms with Gasteiger partial charge in [0.1, 0.15) is 5.75 Å². The number of nitrogens with zero attached hydrogens (tertiary/aromatic N) is 1. The molecule has 1 aliphatic heterocycles. The van der Waals surface area contributed by atoms with Crippen LogP contribution < -0.4 is 0 Å². The van der Waals surface area contributed by atoms with Crippen LogP contribution in [0.15, 0.2) is 18.2 Å². The van der Waals surface area contributed by atoms with Crippen LogP contribution in [0.4, 0.5) is 0 Å². The molecule has 1 fully saturated rings. The molecular formula is C15H21Cl2NO4. The topological polar surface area (TPSA) is 81.0 Å². The second kappa shape index (κ2) is 8.58. The van der Waals surface area contributed by atoms with Crippen molar-refractivity contribution >= 4 is 29.1 Å². The number of aliphatic hydroxyl groups is 2. The summed E-state index contributed by atoms with van der Waals surface area (Å²) in [5, 5.41) is 28.1. The van der Waals surface area contributed by atoms with Crippen LogP contribution in [-0.2, 0) is 4.79 Å². The van der Waals surface area contributed by atoms with E-state index in [1.165, 1.54) is 12.1 Å². The lowest BCUT2D eigenvalue weighted by Crippen LogP contribution is -2.49. The summed E-state index contributed by atoms with van der Waals surface area (Å²) in [6, 6.07) is 4.41. The predicted octanol–water partition coefficient (Wildman–Crippen LogP) is 2.44. The van der Waals surface area contributed by atoms with Crippen molar-refractivity contribution < 1.29 is 20.1 Å². The summed E-state index contributed by atoms with van der Waals surface area (Å²) < 4.78 is 0. The number of hydrogen-bond donors (Lipinski definition) is 3. The van der Waals surface area contributed by atoms with Crippen LogP contribution in [0.1, 0.15) is 26.2 Å². The molecule has 0 spiro atoms. The van der Waals surface area contributed by atoms with Gasteiger partial charge in [0, 0.05) is 13.1 Å². The zero-order chi connectivity index (χ0) is 16.8. The molecule has 1 heterocycles. The Hall–Kier alpha value is -1.01. The Morgan fingerprint density at radius 3 is 2.45 bits per heavy atom. The lowest BCUT2D eigenvalue weighted by molar-refractivity contribution is -0.146. The standard InChI is InChI=1S/C9H17NO3.C6H4Cl2O/c1-2-4-10-5-3-9(13,7-11)6-8(10)12;7-5-2-1-4(9)3-6(5)8/h11,13H,2-7H2,1H3;1-3,9H. The molecule has 5 nitrogen and oxygen atoms in total. The van der Waals surface area contributed by atoms with E-state index in [4.69, 9.17) is 33.4 Å². The number of rotatable bonds is 3. The summed E-state index contributed by atoms with van der Waals surface area (Å²) in [6.07, 6.45) is 1.47. The maximum Gasteiger partial charge on any atom is 0.225 e. The largest absolute Gasteiger partial charge is 0.508 e.